The van der Waals surface area contributed by atoms with Crippen molar-refractivity contribution >= 4 is 0 Å². The molecule has 0 spiro atoms. The van der Waals surface area contributed by atoms with Crippen molar-refractivity contribution in [2.45, 2.75) is 57.7 Å². The lowest BCUT2D eigenvalue weighted by Crippen LogP contribution is -2.35. The van der Waals surface area contributed by atoms with Gasteiger partial charge >= 0.3 is 0 Å². The molecule has 1 saturated heterocycles. The maximum absolute atomic E-state index is 6.16. The number of hydrogen-bond donors (Lipinski definition) is 1. The number of fused-ring (bicyclic) bond motifs is 2. The zero-order chi connectivity index (χ0) is 13.9. The molecule has 5 unspecified atom stereocenters. The summed E-state index contributed by atoms with van der Waals surface area (Å²) in [5.41, 5.74) is 0. The predicted octanol–water partition coefficient (Wildman–Crippen LogP) is 2.51. The van der Waals surface area contributed by atoms with E-state index in [1.807, 2.05) is 0 Å². The fraction of sp³-hybridized carbons (Fsp3) is 1.00. The highest BCUT2D eigenvalue weighted by Gasteiger charge is 2.39. The van der Waals surface area contributed by atoms with Crippen LogP contribution in [0.2, 0.25) is 0 Å². The van der Waals surface area contributed by atoms with Gasteiger partial charge in [-0.15, -0.1) is 0 Å². The van der Waals surface area contributed by atoms with Crippen molar-refractivity contribution in [3.05, 3.63) is 0 Å². The average molecular weight is 280 g/mol. The molecule has 3 nitrogen and oxygen atoms in total. The van der Waals surface area contributed by atoms with Gasteiger partial charge in [0.15, 0.2) is 0 Å². The summed E-state index contributed by atoms with van der Waals surface area (Å²) in [5, 5.41) is 3.40. The van der Waals surface area contributed by atoms with E-state index in [4.69, 9.17) is 4.74 Å². The minimum absolute atomic E-state index is 0.454. The summed E-state index contributed by atoms with van der Waals surface area (Å²) in [5.74, 6) is 3.11. The molecule has 5 atom stereocenters. The van der Waals surface area contributed by atoms with Crippen molar-refractivity contribution in [3.63, 3.8) is 0 Å². The van der Waals surface area contributed by atoms with Crippen LogP contribution in [-0.2, 0) is 4.74 Å². The molecule has 1 aliphatic heterocycles. The van der Waals surface area contributed by atoms with Gasteiger partial charge in [0, 0.05) is 19.6 Å². The van der Waals surface area contributed by atoms with Crippen molar-refractivity contribution in [2.75, 3.05) is 33.2 Å². The number of nitrogens with one attached hydrogen (secondary N) is 1. The van der Waals surface area contributed by atoms with Crippen LogP contribution in [-0.4, -0.2) is 50.3 Å². The van der Waals surface area contributed by atoms with E-state index in [9.17, 15) is 0 Å². The van der Waals surface area contributed by atoms with E-state index in [2.05, 4.69) is 24.2 Å². The Balaban J connectivity index is 1.36. The molecule has 1 heterocycles. The Morgan fingerprint density at radius 3 is 2.60 bits per heavy atom. The fourth-order valence-corrected chi connectivity index (χ4v) is 4.79. The number of hydrogen-bond acceptors (Lipinski definition) is 3. The molecule has 0 aromatic heterocycles. The number of rotatable bonds is 7. The predicted molar refractivity (Wildman–Crippen MR) is 82.9 cm³/mol. The Hall–Kier alpha value is -0.120. The minimum Gasteiger partial charge on any atom is -0.372 e. The van der Waals surface area contributed by atoms with Crippen LogP contribution in [0.4, 0.5) is 0 Å². The summed E-state index contributed by atoms with van der Waals surface area (Å²) < 4.78 is 6.16. The lowest BCUT2D eigenvalue weighted by atomic mass is 9.88. The number of ether oxygens (including phenoxy) is 1. The summed E-state index contributed by atoms with van der Waals surface area (Å²) in [6.45, 7) is 6.68. The van der Waals surface area contributed by atoms with E-state index < -0.39 is 0 Å². The van der Waals surface area contributed by atoms with Gasteiger partial charge in [-0.2, -0.15) is 0 Å². The monoisotopic (exact) mass is 280 g/mol. The molecule has 2 bridgehead atoms. The van der Waals surface area contributed by atoms with Crippen LogP contribution < -0.4 is 5.32 Å². The molecule has 0 aromatic carbocycles. The molecule has 1 N–H and O–H groups in total. The topological polar surface area (TPSA) is 24.5 Å². The van der Waals surface area contributed by atoms with Gasteiger partial charge < -0.3 is 15.0 Å². The fourth-order valence-electron chi connectivity index (χ4n) is 4.79. The quantitative estimate of drug-likeness (QED) is 0.775. The van der Waals surface area contributed by atoms with Gasteiger partial charge in [-0.1, -0.05) is 13.3 Å². The van der Waals surface area contributed by atoms with Gasteiger partial charge in [-0.3, -0.25) is 0 Å². The van der Waals surface area contributed by atoms with E-state index in [1.54, 1.807) is 0 Å². The molecule has 2 saturated carbocycles. The van der Waals surface area contributed by atoms with Crippen molar-refractivity contribution in [2.24, 2.45) is 17.8 Å². The second kappa shape index (κ2) is 6.76. The molecule has 3 aliphatic rings. The van der Waals surface area contributed by atoms with Crippen molar-refractivity contribution in [3.8, 4) is 0 Å². The Morgan fingerprint density at radius 1 is 1.05 bits per heavy atom. The van der Waals surface area contributed by atoms with Crippen LogP contribution in [0.15, 0.2) is 0 Å². The summed E-state index contributed by atoms with van der Waals surface area (Å²) >= 11 is 0. The molecule has 0 amide bonds. The van der Waals surface area contributed by atoms with Gasteiger partial charge in [0.05, 0.1) is 12.2 Å². The largest absolute Gasteiger partial charge is 0.372 e. The van der Waals surface area contributed by atoms with Crippen LogP contribution in [0.3, 0.4) is 0 Å². The van der Waals surface area contributed by atoms with E-state index in [0.29, 0.717) is 12.2 Å². The zero-order valence-electron chi connectivity index (χ0n) is 13.3. The van der Waals surface area contributed by atoms with Crippen molar-refractivity contribution in [1.29, 1.82) is 0 Å². The molecule has 0 radical (unpaired) electrons. The summed E-state index contributed by atoms with van der Waals surface area (Å²) in [4.78, 5) is 2.55. The van der Waals surface area contributed by atoms with E-state index in [0.717, 1.165) is 37.4 Å². The number of likely N-dealkylation sites (N-methyl/N-ethyl adjacent to an activating group) is 2. The third-order valence-corrected chi connectivity index (χ3v) is 5.76. The summed E-state index contributed by atoms with van der Waals surface area (Å²) in [6, 6.07) is 0. The molecule has 116 valence electrons. The molecule has 2 aliphatic carbocycles. The van der Waals surface area contributed by atoms with Crippen molar-refractivity contribution in [1.82, 2.24) is 10.2 Å². The Bertz CT molecular complexity index is 309. The maximum atomic E-state index is 6.16. The first-order valence-electron chi connectivity index (χ1n) is 8.79. The van der Waals surface area contributed by atoms with Crippen LogP contribution in [0, 0.1) is 17.8 Å². The second-order valence-corrected chi connectivity index (χ2v) is 7.42. The first-order valence-corrected chi connectivity index (χ1v) is 8.79. The van der Waals surface area contributed by atoms with Gasteiger partial charge in [0.1, 0.15) is 0 Å². The molecular weight excluding hydrogens is 248 g/mol. The van der Waals surface area contributed by atoms with Gasteiger partial charge in [-0.25, -0.2) is 0 Å². The first-order chi connectivity index (χ1) is 9.74. The summed E-state index contributed by atoms with van der Waals surface area (Å²) in [6.07, 6.45) is 9.47. The van der Waals surface area contributed by atoms with Crippen LogP contribution in [0.1, 0.15) is 45.4 Å². The maximum Gasteiger partial charge on any atom is 0.0707 e. The molecule has 0 aromatic rings. The zero-order valence-corrected chi connectivity index (χ0v) is 13.3. The smallest absolute Gasteiger partial charge is 0.0707 e. The van der Waals surface area contributed by atoms with Crippen molar-refractivity contribution < 1.29 is 4.74 Å². The third-order valence-electron chi connectivity index (χ3n) is 5.76. The van der Waals surface area contributed by atoms with Crippen LogP contribution in [0.25, 0.3) is 0 Å². The van der Waals surface area contributed by atoms with Gasteiger partial charge in [-0.05, 0) is 63.5 Å². The molecule has 3 rings (SSSR count). The Morgan fingerprint density at radius 2 is 1.90 bits per heavy atom. The first kappa shape index (κ1) is 14.8. The lowest BCUT2D eigenvalue weighted by Gasteiger charge is -2.28. The molecule has 20 heavy (non-hydrogen) atoms. The Kier molecular flexibility index (Phi) is 5.00. The highest BCUT2D eigenvalue weighted by Crippen LogP contribution is 2.48. The SMILES string of the molecule is CCNCC1CCC(CN(C)CC2CC3CCC2C3)O1. The van der Waals surface area contributed by atoms with Gasteiger partial charge in [0.25, 0.3) is 0 Å². The lowest BCUT2D eigenvalue weighted by molar-refractivity contribution is 0.0243. The highest BCUT2D eigenvalue weighted by molar-refractivity contribution is 4.91. The molecule has 3 fully saturated rings. The second-order valence-electron chi connectivity index (χ2n) is 7.42. The minimum atomic E-state index is 0.454. The highest BCUT2D eigenvalue weighted by atomic mass is 16.5. The standard InChI is InChI=1S/C17H32N2O/c1-3-18-10-16-6-7-17(20-16)12-19(2)11-15-9-13-4-5-14(15)8-13/h13-18H,3-12H2,1-2H3. The third kappa shape index (κ3) is 3.55. The average Bonchev–Trinajstić information content (AvgIpc) is 3.12. The van der Waals surface area contributed by atoms with E-state index in [-0.39, 0.29) is 0 Å². The molecule has 3 heteroatoms. The van der Waals surface area contributed by atoms with Crippen LogP contribution in [0.5, 0.6) is 0 Å². The Labute approximate surface area is 124 Å². The normalized spacial score (nSPS) is 40.0. The number of nitrogens with zero attached hydrogens (tertiary/aromatic N) is 1. The van der Waals surface area contributed by atoms with E-state index in [1.165, 1.54) is 45.1 Å². The van der Waals surface area contributed by atoms with E-state index >= 15 is 0 Å². The van der Waals surface area contributed by atoms with Gasteiger partial charge in [0.2, 0.25) is 0 Å². The molecular formula is C17H32N2O. The summed E-state index contributed by atoms with van der Waals surface area (Å²) in [7, 11) is 2.30. The van der Waals surface area contributed by atoms with Crippen LogP contribution >= 0.6 is 0 Å².